The predicted molar refractivity (Wildman–Crippen MR) is 306 cm³/mol. The minimum Gasteiger partial charge on any atom is -0.460 e. The second-order valence-electron chi connectivity index (χ2n) is 23.6. The lowest BCUT2D eigenvalue weighted by molar-refractivity contribution is -0.165. The molecule has 0 unspecified atom stereocenters. The van der Waals surface area contributed by atoms with Gasteiger partial charge in [0, 0.05) is 79.2 Å². The number of hydrogen-bond acceptors (Lipinski definition) is 14. The fourth-order valence-corrected chi connectivity index (χ4v) is 9.80. The Balaban J connectivity index is 1.56. The number of carbonyl (C=O) groups excluding carboxylic acids is 11. The largest absolute Gasteiger partial charge is 0.460 e. The highest BCUT2D eigenvalue weighted by atomic mass is 32.2. The summed E-state index contributed by atoms with van der Waals surface area (Å²) >= 11 is 1.13. The molecule has 7 amide bonds. The molecule has 0 saturated carbocycles. The molecule has 83 heavy (non-hydrogen) atoms. The minimum atomic E-state index is -1.38. The zero-order chi connectivity index (χ0) is 62.1. The highest BCUT2D eigenvalue weighted by Crippen LogP contribution is 2.42. The standard InChI is InChI=1S/C60H79F2N7O13S/c1-36(27-47(71)37(2)64-50(74)34-69-51(75)22-23-52(69)76)56(79)66-43(30-48(63)72)46(70)19-15-16-25-68(53(77)35-83-26-24-49(73)65-44(57(80)82-60(9,10)11)31-54(78)81-59(6,7)8)55(58(3,4)5)45-28-39(41-29-40(61)20-21-42(41)62)33-67(45)32-38-17-13-12-14-18-38/h12-14,17-18,20-23,28-29,33,36-37,43-44,55H,15-16,19,24-27,30-32,34-35H2,1-11H3,(H2,63,72)(H,64,74)(H,65,73)(H,66,79)/t36-,37-,43-,44+,55-/m0/s1. The highest BCUT2D eigenvalue weighted by molar-refractivity contribution is 7.99. The Hall–Kier alpha value is -7.56. The van der Waals surface area contributed by atoms with Gasteiger partial charge in [-0.2, -0.15) is 11.8 Å². The number of amides is 7. The molecule has 2 heterocycles. The van der Waals surface area contributed by atoms with Crippen LogP contribution < -0.4 is 21.7 Å². The number of aromatic nitrogens is 1. The molecule has 1 aromatic heterocycles. The number of primary amides is 1. The maximum atomic E-state index is 15.5. The third kappa shape index (κ3) is 22.3. The molecule has 1 aliphatic rings. The van der Waals surface area contributed by atoms with E-state index in [9.17, 15) is 57.1 Å². The molecule has 0 fully saturated rings. The molecule has 1 aliphatic heterocycles. The first-order chi connectivity index (χ1) is 38.6. The quantitative estimate of drug-likeness (QED) is 0.0329. The number of halogens is 2. The van der Waals surface area contributed by atoms with Crippen molar-refractivity contribution in [2.75, 3.05) is 24.6 Å². The van der Waals surface area contributed by atoms with Gasteiger partial charge in [-0.15, -0.1) is 0 Å². The van der Waals surface area contributed by atoms with Crippen LogP contribution in [0.15, 0.2) is 72.9 Å². The number of hydrogen-bond donors (Lipinski definition) is 4. The van der Waals surface area contributed by atoms with Gasteiger partial charge in [-0.05, 0) is 96.6 Å². The molecule has 23 heteroatoms. The Labute approximate surface area is 487 Å². The van der Waals surface area contributed by atoms with Crippen molar-refractivity contribution in [3.8, 4) is 11.1 Å². The molecule has 3 aromatic rings. The summed E-state index contributed by atoms with van der Waals surface area (Å²) in [6, 6.07) is 9.63. The van der Waals surface area contributed by atoms with Crippen molar-refractivity contribution < 1.29 is 71.0 Å². The smallest absolute Gasteiger partial charge is 0.329 e. The number of esters is 2. The van der Waals surface area contributed by atoms with Gasteiger partial charge in [0.1, 0.15) is 35.4 Å². The Morgan fingerprint density at radius 1 is 0.723 bits per heavy atom. The van der Waals surface area contributed by atoms with E-state index in [2.05, 4.69) is 16.0 Å². The first-order valence-corrected chi connectivity index (χ1v) is 28.6. The summed E-state index contributed by atoms with van der Waals surface area (Å²) in [6.45, 7) is 18.2. The van der Waals surface area contributed by atoms with Gasteiger partial charge in [0.2, 0.25) is 29.5 Å². The van der Waals surface area contributed by atoms with Gasteiger partial charge in [-0.3, -0.25) is 52.8 Å². The van der Waals surface area contributed by atoms with Crippen molar-refractivity contribution in [1.29, 1.82) is 0 Å². The number of nitrogens with zero attached hydrogens (tertiary/aromatic N) is 3. The van der Waals surface area contributed by atoms with Crippen LogP contribution in [-0.2, 0) is 68.8 Å². The van der Waals surface area contributed by atoms with Crippen molar-refractivity contribution in [3.05, 3.63) is 95.8 Å². The van der Waals surface area contributed by atoms with Crippen LogP contribution >= 0.6 is 11.8 Å². The van der Waals surface area contributed by atoms with E-state index in [1.807, 2.05) is 55.7 Å². The maximum Gasteiger partial charge on any atom is 0.329 e. The Morgan fingerprint density at radius 3 is 1.96 bits per heavy atom. The van der Waals surface area contributed by atoms with E-state index in [1.54, 1.807) is 58.7 Å². The number of ketones is 2. The monoisotopic (exact) mass is 1180 g/mol. The number of unbranched alkanes of at least 4 members (excludes halogenated alkanes) is 1. The van der Waals surface area contributed by atoms with Crippen molar-refractivity contribution in [1.82, 2.24) is 30.3 Å². The molecule has 5 atom stereocenters. The van der Waals surface area contributed by atoms with Crippen LogP contribution in [0.1, 0.15) is 138 Å². The minimum absolute atomic E-state index is 0.00155. The Kier molecular flexibility index (Phi) is 24.7. The topological polar surface area (TPSA) is 280 Å². The van der Waals surface area contributed by atoms with Gasteiger partial charge in [0.25, 0.3) is 11.8 Å². The lowest BCUT2D eigenvalue weighted by atomic mass is 9.82. The fraction of sp³-hybridized carbons (Fsp3) is 0.517. The van der Waals surface area contributed by atoms with Crippen molar-refractivity contribution in [3.63, 3.8) is 0 Å². The van der Waals surface area contributed by atoms with E-state index < -0.39 is 143 Å². The molecule has 0 saturated heterocycles. The van der Waals surface area contributed by atoms with Crippen LogP contribution in [0.3, 0.4) is 0 Å². The van der Waals surface area contributed by atoms with Crippen molar-refractivity contribution >= 4 is 76.6 Å². The zero-order valence-electron chi connectivity index (χ0n) is 49.2. The van der Waals surface area contributed by atoms with Crippen LogP contribution in [0.5, 0.6) is 0 Å². The van der Waals surface area contributed by atoms with Crippen molar-refractivity contribution in [2.45, 2.75) is 163 Å². The molecule has 5 N–H and O–H groups in total. The zero-order valence-corrected chi connectivity index (χ0v) is 50.0. The van der Waals surface area contributed by atoms with Crippen molar-refractivity contribution in [2.24, 2.45) is 17.1 Å². The average molecular weight is 1180 g/mol. The summed E-state index contributed by atoms with van der Waals surface area (Å²) < 4.78 is 43.0. The second-order valence-corrected chi connectivity index (χ2v) is 24.7. The second kappa shape index (κ2) is 30.1. The van der Waals surface area contributed by atoms with Gasteiger partial charge in [0.05, 0.1) is 36.7 Å². The van der Waals surface area contributed by atoms with E-state index in [0.717, 1.165) is 47.7 Å². The predicted octanol–water partition coefficient (Wildman–Crippen LogP) is 6.20. The number of benzene rings is 2. The number of nitrogens with two attached hydrogens (primary N) is 1. The number of ether oxygens (including phenoxy) is 2. The van der Waals surface area contributed by atoms with Gasteiger partial charge in [0.15, 0.2) is 11.6 Å². The van der Waals surface area contributed by atoms with E-state index in [0.29, 0.717) is 16.2 Å². The molecule has 0 bridgehead atoms. The lowest BCUT2D eigenvalue weighted by Crippen LogP contribution is -2.47. The third-order valence-electron chi connectivity index (χ3n) is 12.8. The first-order valence-electron chi connectivity index (χ1n) is 27.4. The highest BCUT2D eigenvalue weighted by Gasteiger charge is 2.38. The lowest BCUT2D eigenvalue weighted by Gasteiger charge is -2.41. The molecule has 0 aliphatic carbocycles. The van der Waals surface area contributed by atoms with E-state index in [1.165, 1.54) is 13.8 Å². The summed E-state index contributed by atoms with van der Waals surface area (Å²) in [5, 5.41) is 7.53. The normalized spacial score (nSPS) is 14.4. The van der Waals surface area contributed by atoms with E-state index in [-0.39, 0.29) is 61.7 Å². The molecular formula is C60H79F2N7O13S. The summed E-state index contributed by atoms with van der Waals surface area (Å²) in [5.41, 5.74) is 4.77. The Bertz CT molecular complexity index is 2890. The Morgan fingerprint density at radius 2 is 1.36 bits per heavy atom. The number of Topliss-reactive ketones (excluding diaryl/α,β-unsaturated/α-hetero) is 2. The third-order valence-corrected chi connectivity index (χ3v) is 13.8. The fourth-order valence-electron chi connectivity index (χ4n) is 8.98. The van der Waals surface area contributed by atoms with Gasteiger partial charge in [-0.25, -0.2) is 13.6 Å². The van der Waals surface area contributed by atoms with Crippen LogP contribution in [-0.4, -0.2) is 133 Å². The van der Waals surface area contributed by atoms with Gasteiger partial charge in [-0.1, -0.05) is 58.0 Å². The van der Waals surface area contributed by atoms with E-state index in [4.69, 9.17) is 15.2 Å². The summed E-state index contributed by atoms with van der Waals surface area (Å²) in [6.07, 6.45) is 2.26. The van der Waals surface area contributed by atoms with Crippen LogP contribution in [0.2, 0.25) is 0 Å². The molecule has 452 valence electrons. The molecular weight excluding hydrogens is 1100 g/mol. The number of rotatable bonds is 30. The molecule has 20 nitrogen and oxygen atoms in total. The van der Waals surface area contributed by atoms with Crippen LogP contribution in [0.25, 0.3) is 11.1 Å². The first kappa shape index (κ1) is 67.9. The van der Waals surface area contributed by atoms with Crippen LogP contribution in [0, 0.1) is 23.0 Å². The maximum absolute atomic E-state index is 15.5. The number of carbonyl (C=O) groups is 11. The molecule has 0 radical (unpaired) electrons. The van der Waals surface area contributed by atoms with Gasteiger partial charge < -0.3 is 40.6 Å². The summed E-state index contributed by atoms with van der Waals surface area (Å²) in [4.78, 5) is 145. The SMILES string of the molecule is C[C@H](NC(=O)CN1C(=O)C=CC1=O)C(=O)C[C@H](C)C(=O)N[C@@H](CC(N)=O)C(=O)CCCCN(C(=O)CSCCC(=O)N[C@H](CC(=O)OC(C)(C)C)C(=O)OC(C)(C)C)[C@@H](c1cc(-c2cc(F)ccc2F)cn1Cc1ccccc1)C(C)(C)C. The van der Waals surface area contributed by atoms with Crippen LogP contribution in [0.4, 0.5) is 8.78 Å². The molecule has 2 aromatic carbocycles. The number of imide groups is 1. The average Bonchev–Trinajstić information content (AvgIpc) is 3.86. The van der Waals surface area contributed by atoms with Gasteiger partial charge >= 0.3 is 11.9 Å². The molecule has 0 spiro atoms. The van der Waals surface area contributed by atoms with E-state index >= 15 is 4.39 Å². The number of nitrogens with one attached hydrogen (secondary N) is 3. The summed E-state index contributed by atoms with van der Waals surface area (Å²) in [5.74, 6) is -9.90. The molecule has 4 rings (SSSR count). The number of thioether (sulfide) groups is 1. The summed E-state index contributed by atoms with van der Waals surface area (Å²) in [7, 11) is 0.